The molecular weight excluding hydrogens is 244 g/mol. The predicted octanol–water partition coefficient (Wildman–Crippen LogP) is 4.44. The fourth-order valence-electron chi connectivity index (χ4n) is 3.24. The van der Waals surface area contributed by atoms with Gasteiger partial charge >= 0.3 is 0 Å². The summed E-state index contributed by atoms with van der Waals surface area (Å²) in [6, 6.07) is 3.96. The summed E-state index contributed by atoms with van der Waals surface area (Å²) >= 11 is 0. The molecule has 1 N–H and O–H groups in total. The standard InChI is InChI=1S/C16H23F2N/c1-3-10-19-16(12-7-4-6-11(12)2)15-13(17)8-5-9-14(15)18/h5,8-9,11-12,16,19H,3-4,6-7,10H2,1-2H3. The molecule has 0 radical (unpaired) electrons. The van der Waals surface area contributed by atoms with Crippen LogP contribution in [0.2, 0.25) is 0 Å². The summed E-state index contributed by atoms with van der Waals surface area (Å²) in [5.74, 6) is 0.00622. The van der Waals surface area contributed by atoms with Gasteiger partial charge < -0.3 is 5.32 Å². The molecule has 1 aromatic rings. The van der Waals surface area contributed by atoms with E-state index >= 15 is 0 Å². The van der Waals surface area contributed by atoms with Crippen molar-refractivity contribution in [1.29, 1.82) is 0 Å². The minimum Gasteiger partial charge on any atom is -0.310 e. The first kappa shape index (κ1) is 14.4. The molecule has 106 valence electrons. The molecule has 3 unspecified atom stereocenters. The first-order chi connectivity index (χ1) is 9.15. The number of rotatable bonds is 5. The van der Waals surface area contributed by atoms with E-state index in [1.54, 1.807) is 0 Å². The maximum Gasteiger partial charge on any atom is 0.130 e. The summed E-state index contributed by atoms with van der Waals surface area (Å²) in [6.07, 6.45) is 4.33. The van der Waals surface area contributed by atoms with Crippen LogP contribution in [-0.4, -0.2) is 6.54 Å². The lowest BCUT2D eigenvalue weighted by atomic mass is 9.85. The van der Waals surface area contributed by atoms with Gasteiger partial charge in [0.2, 0.25) is 0 Å². The second-order valence-electron chi connectivity index (χ2n) is 5.64. The molecule has 0 saturated heterocycles. The van der Waals surface area contributed by atoms with Gasteiger partial charge in [-0.15, -0.1) is 0 Å². The quantitative estimate of drug-likeness (QED) is 0.831. The fraction of sp³-hybridized carbons (Fsp3) is 0.625. The Hall–Kier alpha value is -0.960. The van der Waals surface area contributed by atoms with Crippen LogP contribution in [0.1, 0.15) is 51.1 Å². The van der Waals surface area contributed by atoms with Gasteiger partial charge in [-0.1, -0.05) is 32.8 Å². The van der Waals surface area contributed by atoms with Crippen LogP contribution in [0.25, 0.3) is 0 Å². The Morgan fingerprint density at radius 1 is 1.26 bits per heavy atom. The minimum absolute atomic E-state index is 0.196. The molecule has 0 aromatic heterocycles. The van der Waals surface area contributed by atoms with Crippen molar-refractivity contribution in [3.63, 3.8) is 0 Å². The van der Waals surface area contributed by atoms with Crippen molar-refractivity contribution in [3.8, 4) is 0 Å². The Kier molecular flexibility index (Phi) is 4.92. The molecule has 1 nitrogen and oxygen atoms in total. The number of hydrogen-bond donors (Lipinski definition) is 1. The van der Waals surface area contributed by atoms with Crippen molar-refractivity contribution in [3.05, 3.63) is 35.4 Å². The second kappa shape index (κ2) is 6.47. The molecule has 3 heteroatoms. The molecule has 19 heavy (non-hydrogen) atoms. The van der Waals surface area contributed by atoms with Gasteiger partial charge in [-0.25, -0.2) is 8.78 Å². The van der Waals surface area contributed by atoms with E-state index in [1.165, 1.54) is 18.2 Å². The largest absolute Gasteiger partial charge is 0.310 e. The van der Waals surface area contributed by atoms with E-state index in [0.29, 0.717) is 11.8 Å². The highest BCUT2D eigenvalue weighted by Gasteiger charge is 2.34. The summed E-state index contributed by atoms with van der Waals surface area (Å²) < 4.78 is 28.1. The summed E-state index contributed by atoms with van der Waals surface area (Å²) in [4.78, 5) is 0. The molecule has 0 spiro atoms. The molecule has 1 saturated carbocycles. The smallest absolute Gasteiger partial charge is 0.130 e. The van der Waals surface area contributed by atoms with Crippen molar-refractivity contribution in [2.45, 2.75) is 45.6 Å². The van der Waals surface area contributed by atoms with Crippen LogP contribution >= 0.6 is 0 Å². The van der Waals surface area contributed by atoms with Crippen molar-refractivity contribution in [1.82, 2.24) is 5.32 Å². The lowest BCUT2D eigenvalue weighted by molar-refractivity contribution is 0.288. The van der Waals surface area contributed by atoms with Crippen molar-refractivity contribution in [2.24, 2.45) is 11.8 Å². The zero-order valence-electron chi connectivity index (χ0n) is 11.8. The number of nitrogens with one attached hydrogen (secondary N) is 1. The molecule has 1 aliphatic rings. The minimum atomic E-state index is -0.423. The van der Waals surface area contributed by atoms with E-state index in [9.17, 15) is 8.78 Å². The van der Waals surface area contributed by atoms with Crippen LogP contribution in [0.3, 0.4) is 0 Å². The molecular formula is C16H23F2N. The van der Waals surface area contributed by atoms with Crippen LogP contribution in [0.4, 0.5) is 8.78 Å². The average molecular weight is 267 g/mol. The van der Waals surface area contributed by atoms with Gasteiger partial charge in [0, 0.05) is 11.6 Å². The maximum absolute atomic E-state index is 14.0. The van der Waals surface area contributed by atoms with Gasteiger partial charge in [-0.05, 0) is 43.4 Å². The van der Waals surface area contributed by atoms with E-state index in [0.717, 1.165) is 32.2 Å². The Morgan fingerprint density at radius 2 is 1.95 bits per heavy atom. The zero-order valence-corrected chi connectivity index (χ0v) is 11.8. The number of benzene rings is 1. The predicted molar refractivity (Wildman–Crippen MR) is 73.9 cm³/mol. The molecule has 1 aromatic carbocycles. The summed E-state index contributed by atoms with van der Waals surface area (Å²) in [7, 11) is 0. The molecule has 0 heterocycles. The summed E-state index contributed by atoms with van der Waals surface area (Å²) in [6.45, 7) is 5.05. The Bertz CT molecular complexity index is 399. The third-order valence-electron chi connectivity index (χ3n) is 4.28. The van der Waals surface area contributed by atoms with Gasteiger partial charge in [0.15, 0.2) is 0 Å². The summed E-state index contributed by atoms with van der Waals surface area (Å²) in [5.41, 5.74) is 0.231. The molecule has 0 bridgehead atoms. The molecule has 2 rings (SSSR count). The lowest BCUT2D eigenvalue weighted by Crippen LogP contribution is -2.32. The van der Waals surface area contributed by atoms with Crippen molar-refractivity contribution in [2.75, 3.05) is 6.54 Å². The first-order valence-corrected chi connectivity index (χ1v) is 7.32. The van der Waals surface area contributed by atoms with E-state index in [2.05, 4.69) is 19.2 Å². The highest BCUT2D eigenvalue weighted by molar-refractivity contribution is 5.24. The van der Waals surface area contributed by atoms with Crippen LogP contribution in [0.5, 0.6) is 0 Å². The van der Waals surface area contributed by atoms with Gasteiger partial charge in [0.25, 0.3) is 0 Å². The summed E-state index contributed by atoms with van der Waals surface area (Å²) in [5, 5.41) is 3.36. The maximum atomic E-state index is 14.0. The number of halogens is 2. The van der Waals surface area contributed by atoms with Crippen LogP contribution in [0.15, 0.2) is 18.2 Å². The van der Waals surface area contributed by atoms with Gasteiger partial charge in [-0.3, -0.25) is 0 Å². The monoisotopic (exact) mass is 267 g/mol. The van der Waals surface area contributed by atoms with E-state index in [4.69, 9.17) is 0 Å². The van der Waals surface area contributed by atoms with Gasteiger partial charge in [0.1, 0.15) is 11.6 Å². The van der Waals surface area contributed by atoms with Crippen molar-refractivity contribution < 1.29 is 8.78 Å². The Labute approximate surface area is 114 Å². The Balaban J connectivity index is 2.31. The van der Waals surface area contributed by atoms with Crippen LogP contribution < -0.4 is 5.32 Å². The highest BCUT2D eigenvalue weighted by atomic mass is 19.1. The Morgan fingerprint density at radius 3 is 2.47 bits per heavy atom. The highest BCUT2D eigenvalue weighted by Crippen LogP contribution is 2.41. The molecule has 1 aliphatic carbocycles. The molecule has 0 aliphatic heterocycles. The third kappa shape index (κ3) is 3.14. The van der Waals surface area contributed by atoms with Crippen LogP contribution in [-0.2, 0) is 0 Å². The molecule has 0 amide bonds. The third-order valence-corrected chi connectivity index (χ3v) is 4.28. The van der Waals surface area contributed by atoms with E-state index in [1.807, 2.05) is 0 Å². The SMILES string of the molecule is CCCNC(c1c(F)cccc1F)C1CCCC1C. The van der Waals surface area contributed by atoms with Crippen molar-refractivity contribution >= 4 is 0 Å². The lowest BCUT2D eigenvalue weighted by Gasteiger charge is -2.29. The van der Waals surface area contributed by atoms with E-state index in [-0.39, 0.29) is 11.6 Å². The fourth-order valence-corrected chi connectivity index (χ4v) is 3.24. The van der Waals surface area contributed by atoms with Gasteiger partial charge in [-0.2, -0.15) is 0 Å². The zero-order chi connectivity index (χ0) is 13.8. The van der Waals surface area contributed by atoms with Crippen LogP contribution in [0, 0.1) is 23.5 Å². The molecule has 1 fully saturated rings. The second-order valence-corrected chi connectivity index (χ2v) is 5.64. The molecule has 3 atom stereocenters. The first-order valence-electron chi connectivity index (χ1n) is 7.32. The van der Waals surface area contributed by atoms with E-state index < -0.39 is 11.6 Å². The topological polar surface area (TPSA) is 12.0 Å². The number of hydrogen-bond acceptors (Lipinski definition) is 1. The van der Waals surface area contributed by atoms with Gasteiger partial charge in [0.05, 0.1) is 0 Å². The normalized spacial score (nSPS) is 24.6. The average Bonchev–Trinajstić information content (AvgIpc) is 2.79.